The van der Waals surface area contributed by atoms with E-state index in [2.05, 4.69) is 51.3 Å². The minimum absolute atomic E-state index is 0. The number of halogens is 1. The zero-order chi connectivity index (χ0) is 23.0. The highest BCUT2D eigenvalue weighted by atomic mass is 35.5. The Bertz CT molecular complexity index is 864. The fourth-order valence-electron chi connectivity index (χ4n) is 3.03. The van der Waals surface area contributed by atoms with Crippen molar-refractivity contribution in [3.05, 3.63) is 60.2 Å². The maximum atomic E-state index is 12.2. The van der Waals surface area contributed by atoms with Crippen LogP contribution in [0.2, 0.25) is 0 Å². The highest BCUT2D eigenvalue weighted by molar-refractivity contribution is 6.04. The number of amides is 1. The first-order valence-electron chi connectivity index (χ1n) is 11.1. The first-order chi connectivity index (χ1) is 15.6. The minimum atomic E-state index is -0.0882. The van der Waals surface area contributed by atoms with E-state index in [1.807, 2.05) is 43.3 Å². The fraction of sp³-hybridized carbons (Fsp3) is 0.440. The van der Waals surface area contributed by atoms with Gasteiger partial charge >= 0.3 is 0 Å². The summed E-state index contributed by atoms with van der Waals surface area (Å²) in [6.07, 6.45) is 1.08. The van der Waals surface area contributed by atoms with Gasteiger partial charge in [0.1, 0.15) is 0 Å². The van der Waals surface area contributed by atoms with E-state index in [-0.39, 0.29) is 18.3 Å². The summed E-state index contributed by atoms with van der Waals surface area (Å²) in [6, 6.07) is 19.8. The second-order valence-corrected chi connectivity index (χ2v) is 7.58. The lowest BCUT2D eigenvalue weighted by atomic mass is 10.2. The third-order valence-corrected chi connectivity index (χ3v) is 4.69. The lowest BCUT2D eigenvalue weighted by Gasteiger charge is -2.29. The number of hydrogen-bond donors (Lipinski definition) is 1. The number of morpholine rings is 1. The van der Waals surface area contributed by atoms with E-state index in [1.54, 1.807) is 12.1 Å². The van der Waals surface area contributed by atoms with Gasteiger partial charge in [-0.3, -0.25) is 4.79 Å². The van der Waals surface area contributed by atoms with Gasteiger partial charge in [0.25, 0.3) is 5.91 Å². The van der Waals surface area contributed by atoms with Crippen molar-refractivity contribution in [3.8, 4) is 0 Å². The van der Waals surface area contributed by atoms with E-state index >= 15 is 0 Å². The molecule has 1 heterocycles. The van der Waals surface area contributed by atoms with Gasteiger partial charge in [0, 0.05) is 36.6 Å². The molecule has 0 bridgehead atoms. The highest BCUT2D eigenvalue weighted by Crippen LogP contribution is 2.21. The molecule has 0 unspecified atom stereocenters. The minimum Gasteiger partial charge on any atom is -0.378 e. The van der Waals surface area contributed by atoms with Crippen LogP contribution in [0.1, 0.15) is 23.7 Å². The van der Waals surface area contributed by atoms with Crippen LogP contribution in [0, 0.1) is 0 Å². The first kappa shape index (κ1) is 28.3. The van der Waals surface area contributed by atoms with Gasteiger partial charge in [-0.15, -0.1) is 12.4 Å². The maximum absolute atomic E-state index is 12.2. The smallest absolute Gasteiger partial charge is 0.255 e. The van der Waals surface area contributed by atoms with Crippen LogP contribution in [0.5, 0.6) is 0 Å². The molecule has 0 radical (unpaired) electrons. The molecule has 1 amide bonds. The molecular formula is C25H36ClN5O2. The number of nitrogens with one attached hydrogen (secondary N) is 1. The largest absolute Gasteiger partial charge is 0.378 e. The summed E-state index contributed by atoms with van der Waals surface area (Å²) < 4.78 is 5.36. The first-order valence-corrected chi connectivity index (χ1v) is 11.1. The monoisotopic (exact) mass is 473 g/mol. The van der Waals surface area contributed by atoms with E-state index in [1.165, 1.54) is 0 Å². The molecular weight excluding hydrogens is 438 g/mol. The Hall–Kier alpha value is -2.70. The van der Waals surface area contributed by atoms with Crippen molar-refractivity contribution in [1.82, 2.24) is 4.90 Å². The van der Waals surface area contributed by atoms with E-state index in [9.17, 15) is 4.79 Å². The number of benzene rings is 2. The van der Waals surface area contributed by atoms with Crippen LogP contribution < -0.4 is 10.2 Å². The van der Waals surface area contributed by atoms with Crippen molar-refractivity contribution in [2.24, 2.45) is 9.98 Å². The summed E-state index contributed by atoms with van der Waals surface area (Å²) in [5, 5.41) is 2.94. The Morgan fingerprint density at radius 1 is 1.09 bits per heavy atom. The fourth-order valence-corrected chi connectivity index (χ4v) is 3.03. The van der Waals surface area contributed by atoms with Crippen LogP contribution in [0.15, 0.2) is 64.6 Å². The number of anilines is 2. The van der Waals surface area contributed by atoms with Gasteiger partial charge in [0.2, 0.25) is 0 Å². The Morgan fingerprint density at radius 2 is 1.82 bits per heavy atom. The van der Waals surface area contributed by atoms with Crippen molar-refractivity contribution < 1.29 is 9.53 Å². The van der Waals surface area contributed by atoms with Gasteiger partial charge in [0.15, 0.2) is 0 Å². The number of ether oxygens (including phenoxy) is 1. The van der Waals surface area contributed by atoms with Gasteiger partial charge in [-0.25, -0.2) is 9.98 Å². The van der Waals surface area contributed by atoms with Crippen LogP contribution >= 0.6 is 12.4 Å². The van der Waals surface area contributed by atoms with E-state index in [4.69, 9.17) is 4.74 Å². The van der Waals surface area contributed by atoms with Crippen molar-refractivity contribution in [2.75, 3.05) is 70.2 Å². The Balaban J connectivity index is 0.000000391. The zero-order valence-electron chi connectivity index (χ0n) is 19.9. The SMILES string of the molecule is CCN=C=NCCCN(C)C.Cl.O=C(Nc1cccc(N2CCOCC2)c1)c1ccccc1. The Labute approximate surface area is 204 Å². The third-order valence-electron chi connectivity index (χ3n) is 4.69. The molecule has 1 aliphatic rings. The molecule has 3 rings (SSSR count). The quantitative estimate of drug-likeness (QED) is 0.457. The zero-order valence-corrected chi connectivity index (χ0v) is 20.7. The van der Waals surface area contributed by atoms with Crippen LogP contribution in [-0.4, -0.2) is 76.8 Å². The molecule has 0 saturated carbocycles. The molecule has 0 spiro atoms. The van der Waals surface area contributed by atoms with Gasteiger partial charge < -0.3 is 19.9 Å². The molecule has 0 aromatic heterocycles. The number of nitrogens with zero attached hydrogens (tertiary/aromatic N) is 4. The van der Waals surface area contributed by atoms with Crippen LogP contribution in [-0.2, 0) is 4.74 Å². The molecule has 7 nitrogen and oxygen atoms in total. The summed E-state index contributed by atoms with van der Waals surface area (Å²) >= 11 is 0. The van der Waals surface area contributed by atoms with Crippen molar-refractivity contribution >= 4 is 35.7 Å². The van der Waals surface area contributed by atoms with Gasteiger partial charge in [-0.1, -0.05) is 24.3 Å². The lowest BCUT2D eigenvalue weighted by molar-refractivity contribution is 0.102. The third kappa shape index (κ3) is 11.6. The Kier molecular flexibility index (Phi) is 14.5. The second-order valence-electron chi connectivity index (χ2n) is 7.58. The van der Waals surface area contributed by atoms with E-state index < -0.39 is 0 Å². The number of aliphatic imine (C=N–C) groups is 2. The van der Waals surface area contributed by atoms with Crippen molar-refractivity contribution in [1.29, 1.82) is 0 Å². The second kappa shape index (κ2) is 16.9. The van der Waals surface area contributed by atoms with Crippen LogP contribution in [0.25, 0.3) is 0 Å². The summed E-state index contributed by atoms with van der Waals surface area (Å²) in [4.78, 5) is 24.4. The summed E-state index contributed by atoms with van der Waals surface area (Å²) in [7, 11) is 4.12. The lowest BCUT2D eigenvalue weighted by Crippen LogP contribution is -2.36. The standard InChI is InChI=1S/C17H18N2O2.C8H17N3.ClH/c20-17(14-5-2-1-3-6-14)18-15-7-4-8-16(13-15)19-9-11-21-12-10-19;1-4-9-8-10-6-5-7-11(2)3;/h1-8,13H,9-12H2,(H,18,20);4-7H2,1-3H3;1H. The molecule has 33 heavy (non-hydrogen) atoms. The van der Waals surface area contributed by atoms with E-state index in [0.717, 1.165) is 63.7 Å². The molecule has 0 atom stereocenters. The summed E-state index contributed by atoms with van der Waals surface area (Å²) in [5.74, 6) is -0.0882. The molecule has 1 aliphatic heterocycles. The number of carbonyl (C=O) groups is 1. The highest BCUT2D eigenvalue weighted by Gasteiger charge is 2.12. The molecule has 0 aliphatic carbocycles. The number of hydrogen-bond acceptors (Lipinski definition) is 6. The van der Waals surface area contributed by atoms with Crippen LogP contribution in [0.4, 0.5) is 11.4 Å². The van der Waals surface area contributed by atoms with Crippen LogP contribution in [0.3, 0.4) is 0 Å². The van der Waals surface area contributed by atoms with E-state index in [0.29, 0.717) is 5.56 Å². The predicted molar refractivity (Wildman–Crippen MR) is 140 cm³/mol. The maximum Gasteiger partial charge on any atom is 0.255 e. The normalized spacial score (nSPS) is 12.5. The Morgan fingerprint density at radius 3 is 2.48 bits per heavy atom. The topological polar surface area (TPSA) is 69.5 Å². The van der Waals surface area contributed by atoms with Crippen molar-refractivity contribution in [2.45, 2.75) is 13.3 Å². The van der Waals surface area contributed by atoms with Gasteiger partial charge in [-0.2, -0.15) is 0 Å². The van der Waals surface area contributed by atoms with Crippen molar-refractivity contribution in [3.63, 3.8) is 0 Å². The predicted octanol–water partition coefficient (Wildman–Crippen LogP) is 4.33. The molecule has 1 fully saturated rings. The van der Waals surface area contributed by atoms with Gasteiger partial charge in [0.05, 0.1) is 25.8 Å². The molecule has 1 saturated heterocycles. The molecule has 8 heteroatoms. The molecule has 1 N–H and O–H groups in total. The molecule has 180 valence electrons. The average Bonchev–Trinajstić information content (AvgIpc) is 2.83. The summed E-state index contributed by atoms with van der Waals surface area (Å²) in [5.41, 5.74) is 2.59. The average molecular weight is 474 g/mol. The number of carbonyl (C=O) groups excluding carboxylic acids is 1. The molecule has 2 aromatic carbocycles. The summed E-state index contributed by atoms with van der Waals surface area (Å²) in [6.45, 7) is 7.94. The number of rotatable bonds is 8. The molecule has 2 aromatic rings. The van der Waals surface area contributed by atoms with Gasteiger partial charge in [-0.05, 0) is 64.3 Å².